The smallest absolute Gasteiger partial charge is 0.237 e. The molecule has 6 N–H and O–H groups in total. The van der Waals surface area contributed by atoms with Crippen LogP contribution in [0, 0.1) is 60.2 Å². The molecule has 14 rings (SSSR count). The van der Waals surface area contributed by atoms with Crippen molar-refractivity contribution in [3.05, 3.63) is 281 Å². The molecule has 23 nitrogen and oxygen atoms in total. The average Bonchev–Trinajstić information content (AvgIpc) is 0.812. The van der Waals surface area contributed by atoms with Gasteiger partial charge in [-0.2, -0.15) is 4.39 Å². The Morgan fingerprint density at radius 2 is 0.631 bits per heavy atom. The number of rotatable bonds is 27. The summed E-state index contributed by atoms with van der Waals surface area (Å²) in [4.78, 5) is 30.3. The number of ether oxygens (including phenoxy) is 13. The van der Waals surface area contributed by atoms with Crippen LogP contribution in [0.1, 0.15) is 94.3 Å². The van der Waals surface area contributed by atoms with Crippen LogP contribution in [-0.2, 0) is 0 Å². The predicted molar refractivity (Wildman–Crippen MR) is 516 cm³/mol. The van der Waals surface area contributed by atoms with Crippen molar-refractivity contribution < 1.29 is 70.4 Å². The van der Waals surface area contributed by atoms with Gasteiger partial charge in [0, 0.05) is 63.3 Å². The van der Waals surface area contributed by atoms with Gasteiger partial charge in [0.15, 0.2) is 11.5 Å². The Balaban J connectivity index is 0.000000187. The van der Waals surface area contributed by atoms with E-state index in [0.29, 0.717) is 97.5 Å². The zero-order valence-electron chi connectivity index (χ0n) is 78.2. The van der Waals surface area contributed by atoms with Crippen molar-refractivity contribution in [2.24, 2.45) is 0 Å². The highest BCUT2D eigenvalue weighted by molar-refractivity contribution is 5.74. The summed E-state index contributed by atoms with van der Waals surface area (Å²) in [5.41, 5.74) is 39.6. The van der Waals surface area contributed by atoms with Crippen molar-refractivity contribution in [3.8, 4) is 154 Å². The Morgan fingerprint density at radius 3 is 0.992 bits per heavy atom. The molecule has 0 unspecified atom stereocenters. The van der Waals surface area contributed by atoms with Crippen LogP contribution in [0.4, 0.5) is 25.8 Å². The van der Waals surface area contributed by atoms with Gasteiger partial charge in [-0.05, 0) is 300 Å². The number of anilines is 3. The first-order valence-electron chi connectivity index (χ1n) is 42.6. The maximum Gasteiger partial charge on any atom is 0.237 e. The lowest BCUT2D eigenvalue weighted by molar-refractivity contribution is 0.230. The van der Waals surface area contributed by atoms with Gasteiger partial charge >= 0.3 is 0 Å². The van der Waals surface area contributed by atoms with E-state index in [2.05, 4.69) is 48.7 Å². The minimum atomic E-state index is -0.534. The Bertz CT molecular complexity index is 5960. The number of pyridine rings is 7. The Hall–Kier alpha value is -14.8. The molecule has 0 aliphatic carbocycles. The Kier molecular flexibility index (Phi) is 39.6. The van der Waals surface area contributed by atoms with Crippen LogP contribution >= 0.6 is 0 Å². The summed E-state index contributed by atoms with van der Waals surface area (Å²) in [6, 6.07) is 69.5. The van der Waals surface area contributed by atoms with Gasteiger partial charge in [-0.1, -0.05) is 54.6 Å². The summed E-state index contributed by atoms with van der Waals surface area (Å²) in [5.74, 6) is 8.04. The molecule has 0 spiro atoms. The second-order valence-electron chi connectivity index (χ2n) is 29.2. The van der Waals surface area contributed by atoms with E-state index in [1.54, 1.807) is 60.9 Å². The normalized spacial score (nSPS) is 10.3. The molecule has 7 aromatic carbocycles. The lowest BCUT2D eigenvalue weighted by Crippen LogP contribution is -2.07. The second-order valence-corrected chi connectivity index (χ2v) is 29.2. The molecule has 130 heavy (non-hydrogen) atoms. The molecular formula is C105H120F2N10O13. The molecule has 0 atom stereocenters. The van der Waals surface area contributed by atoms with Crippen LogP contribution in [0.25, 0.3) is 78.7 Å². The van der Waals surface area contributed by atoms with E-state index in [9.17, 15) is 8.78 Å². The van der Waals surface area contributed by atoms with E-state index in [1.165, 1.54) is 30.0 Å². The van der Waals surface area contributed by atoms with Crippen molar-refractivity contribution in [1.29, 1.82) is 0 Å². The maximum absolute atomic E-state index is 13.0. The Morgan fingerprint density at radius 1 is 0.285 bits per heavy atom. The average molecular weight is 1770 g/mol. The molecule has 25 heteroatoms. The molecule has 0 amide bonds. The summed E-state index contributed by atoms with van der Waals surface area (Å²) in [7, 11) is 9.75. The molecule has 0 radical (unpaired) electrons. The molecule has 7 aromatic heterocycles. The number of nitrogens with two attached hydrogens (primary N) is 3. The van der Waals surface area contributed by atoms with Crippen LogP contribution in [0.3, 0.4) is 0 Å². The molecule has 0 saturated heterocycles. The van der Waals surface area contributed by atoms with Crippen LogP contribution in [-0.4, -0.2) is 123 Å². The molecule has 0 fully saturated rings. The molecule has 7 heterocycles. The van der Waals surface area contributed by atoms with Gasteiger partial charge in [0.05, 0.1) is 140 Å². The molecule has 0 aliphatic heterocycles. The lowest BCUT2D eigenvalue weighted by Gasteiger charge is -2.16. The fourth-order valence-electron chi connectivity index (χ4n) is 12.9. The molecular weight excluding hydrogens is 1650 g/mol. The van der Waals surface area contributed by atoms with Crippen LogP contribution in [0.2, 0.25) is 0 Å². The van der Waals surface area contributed by atoms with Gasteiger partial charge in [-0.25, -0.2) is 39.3 Å². The van der Waals surface area contributed by atoms with E-state index in [0.717, 1.165) is 147 Å². The van der Waals surface area contributed by atoms with E-state index < -0.39 is 5.95 Å². The number of halogens is 2. The number of nitrogen functional groups attached to an aromatic ring is 3. The highest BCUT2D eigenvalue weighted by Crippen LogP contribution is 2.39. The molecule has 0 aliphatic rings. The highest BCUT2D eigenvalue weighted by atomic mass is 19.1. The summed E-state index contributed by atoms with van der Waals surface area (Å²) in [6.45, 7) is 33.4. The minimum absolute atomic E-state index is 0.0766. The third-order valence-corrected chi connectivity index (χ3v) is 19.5. The van der Waals surface area contributed by atoms with Gasteiger partial charge in [0.25, 0.3) is 0 Å². The first-order valence-corrected chi connectivity index (χ1v) is 42.6. The summed E-state index contributed by atoms with van der Waals surface area (Å²) in [6.07, 6.45) is 1.48. The van der Waals surface area contributed by atoms with Crippen molar-refractivity contribution in [2.45, 2.75) is 110 Å². The van der Waals surface area contributed by atoms with Crippen LogP contribution in [0.5, 0.6) is 75.5 Å². The SMILES string of the molecule is CCOc1ccc(C)c(-c2ccc(N)c(OC)n2)c1.CCOc1ccc(C)c(-c2ccc(N)c(OCC)n2)c1.CCOc1ccc(C)c(-c2cccc(OC)n2)c1.CCOc1cccc(-c2cc(OC)ccc2C)n1.CCOc1nc(-c2cc(OC)ccc2C)ccc1N.COc1cccc(-c2cc(OC(C)C)c(OC)cc2C)n1.Cc1ccc(F)cc1-c1ccc(F)nc1. The van der Waals surface area contributed by atoms with Crippen molar-refractivity contribution in [3.63, 3.8) is 0 Å². The Labute approximate surface area is 763 Å². The summed E-state index contributed by atoms with van der Waals surface area (Å²) >= 11 is 0. The van der Waals surface area contributed by atoms with Gasteiger partial charge in [0.1, 0.15) is 34.6 Å². The van der Waals surface area contributed by atoms with E-state index in [1.807, 2.05) is 278 Å². The van der Waals surface area contributed by atoms with E-state index >= 15 is 0 Å². The van der Waals surface area contributed by atoms with E-state index in [4.69, 9.17) is 78.8 Å². The molecule has 0 bridgehead atoms. The summed E-state index contributed by atoms with van der Waals surface area (Å²) in [5, 5.41) is 0. The lowest BCUT2D eigenvalue weighted by atomic mass is 10.0. The number of benzene rings is 7. The highest BCUT2D eigenvalue weighted by Gasteiger charge is 2.18. The fourth-order valence-corrected chi connectivity index (χ4v) is 12.9. The number of methoxy groups -OCH3 is 6. The zero-order valence-corrected chi connectivity index (χ0v) is 78.2. The number of nitrogens with zero attached hydrogens (tertiary/aromatic N) is 7. The molecule has 682 valence electrons. The largest absolute Gasteiger partial charge is 0.497 e. The summed E-state index contributed by atoms with van der Waals surface area (Å²) < 4.78 is 95.7. The number of hydrogen-bond acceptors (Lipinski definition) is 23. The van der Waals surface area contributed by atoms with Crippen molar-refractivity contribution >= 4 is 17.1 Å². The van der Waals surface area contributed by atoms with Gasteiger partial charge < -0.3 is 78.8 Å². The standard InChI is InChI=1S/C17H21NO3.C16H20N2O2.2C15H18N2O2.2C15H17NO2.C12H9F2N/c1-11(2)21-16-10-13(12(3)9-15(16)19-4)14-7-6-8-17(18-14)20-5;1-4-19-12-7-6-11(3)13(10-12)15-9-8-14(17)16(18-15)20-5-2;1-4-19-11-6-5-10(2)12(9-11)14-8-7-13(16)15(17-14)18-3;1-4-19-15-13(16)7-8-14(17-15)12-9-11(18-3)6-5-10(12)2;1-4-18-12-9-8-11(2)13(10-12)14-6-5-7-15(16-14)17-3;1-4-18-15-7-5-6-14(16-15)13-10-12(17-3)9-8-11(13)2;1-8-2-4-10(13)6-11(8)9-3-5-12(14)15-7-9/h6-11H,1-5H3;6-10H,4-5,17H2,1-3H3;2*5-9H,4,16H2,1-3H3;2*5-10H,4H2,1-3H3;2-7H,1H3. The third kappa shape index (κ3) is 29.4. The van der Waals surface area contributed by atoms with E-state index in [-0.39, 0.29) is 11.9 Å². The van der Waals surface area contributed by atoms with Crippen molar-refractivity contribution in [1.82, 2.24) is 34.9 Å². The van der Waals surface area contributed by atoms with Crippen molar-refractivity contribution in [2.75, 3.05) is 99.5 Å². The minimum Gasteiger partial charge on any atom is -0.497 e. The van der Waals surface area contributed by atoms with Crippen LogP contribution < -0.4 is 78.8 Å². The molecule has 14 aromatic rings. The number of aromatic nitrogens is 7. The zero-order chi connectivity index (χ0) is 94.3. The predicted octanol–water partition coefficient (Wildman–Crippen LogP) is 23.7. The maximum atomic E-state index is 13.0. The third-order valence-electron chi connectivity index (χ3n) is 19.5. The topological polar surface area (TPSA) is 288 Å². The number of hydrogen-bond donors (Lipinski definition) is 3. The van der Waals surface area contributed by atoms with Gasteiger partial charge in [-0.15, -0.1) is 0 Å². The first kappa shape index (κ1) is 101. The van der Waals surface area contributed by atoms with Gasteiger partial charge in [0.2, 0.25) is 41.2 Å². The first-order chi connectivity index (χ1) is 62.6. The fraction of sp³-hybridized carbons (Fsp3) is 0.267. The molecule has 0 saturated carbocycles. The van der Waals surface area contributed by atoms with Crippen LogP contribution in [0.15, 0.2) is 231 Å². The number of aryl methyl sites for hydroxylation is 7. The monoisotopic (exact) mass is 1770 g/mol. The quantitative estimate of drug-likeness (QED) is 0.0403. The second kappa shape index (κ2) is 51.2. The van der Waals surface area contributed by atoms with Gasteiger partial charge in [-0.3, -0.25) is 0 Å².